The highest BCUT2D eigenvalue weighted by atomic mass is 16.6. The van der Waals surface area contributed by atoms with Crippen LogP contribution in [0.5, 0.6) is 23.0 Å². The molecule has 0 aliphatic carbocycles. The fraction of sp³-hybridized carbons (Fsp3) is 0.500. The number of carbonyl (C=O) groups is 2. The number of aromatic hydroxyl groups is 1. The monoisotopic (exact) mass is 1180 g/mol. The lowest BCUT2D eigenvalue weighted by atomic mass is 10.0. The number of carbonyl (C=O) groups excluding carboxylic acids is 2. The molecule has 0 aliphatic rings. The van der Waals surface area contributed by atoms with Crippen molar-refractivity contribution >= 4 is 66.9 Å². The van der Waals surface area contributed by atoms with Crippen LogP contribution in [0.25, 0.3) is 54.7 Å². The van der Waals surface area contributed by atoms with Crippen molar-refractivity contribution in [3.8, 4) is 34.1 Å². The lowest BCUT2D eigenvalue weighted by Gasteiger charge is -2.20. The van der Waals surface area contributed by atoms with E-state index in [-0.39, 0.29) is 22.1 Å². The smallest absolute Gasteiger partial charge is 0.378 e. The van der Waals surface area contributed by atoms with Gasteiger partial charge in [-0.3, -0.25) is 14.4 Å². The number of benzene rings is 4. The fourth-order valence-corrected chi connectivity index (χ4v) is 11.6. The van der Waals surface area contributed by atoms with Gasteiger partial charge in [-0.05, 0) is 135 Å². The van der Waals surface area contributed by atoms with Crippen molar-refractivity contribution in [1.82, 2.24) is 9.13 Å². The van der Waals surface area contributed by atoms with E-state index in [4.69, 9.17) is 39.6 Å². The molecular formula is C70H90N4O12. The van der Waals surface area contributed by atoms with Gasteiger partial charge in [-0.1, -0.05) is 127 Å². The van der Waals surface area contributed by atoms with E-state index >= 15 is 0 Å². The molecule has 86 heavy (non-hydrogen) atoms. The summed E-state index contributed by atoms with van der Waals surface area (Å²) in [6.07, 6.45) is 22.9. The van der Waals surface area contributed by atoms with E-state index in [2.05, 4.69) is 57.7 Å². The summed E-state index contributed by atoms with van der Waals surface area (Å²) in [4.78, 5) is 63.5. The van der Waals surface area contributed by atoms with Crippen molar-refractivity contribution in [3.63, 3.8) is 0 Å². The standard InChI is InChI=1S/C70H90N4O12/c1-45-59(71)57-53(38-37-51-61(76)64(79)67(84-65(51)57)68(80)86-70(6,7)8)73(45)39-25-21-17-13-9-11-15-19-23-27-41-81-49-33-29-47(30-34-49)48-31-35-50(36-32-48)82-42-28-24-20-16-12-10-14-18-22-26-40-74-46(2)60(72)58-54(74)43-52-56(63(78)62(52)77)66(58)83-44-55(75)85-69(3,4)5/h29-38,43,79H,9-28,39-42,44,71-72H2,1-8H3. The zero-order valence-electron chi connectivity index (χ0n) is 52.0. The molecule has 8 rings (SSSR count). The van der Waals surface area contributed by atoms with E-state index in [1.807, 2.05) is 19.9 Å². The molecule has 0 aliphatic heterocycles. The molecule has 0 fully saturated rings. The first-order chi connectivity index (χ1) is 41.1. The lowest BCUT2D eigenvalue weighted by Crippen LogP contribution is -2.32. The SMILES string of the molecule is Cc1c(N)c2c(OCC(=O)OC(C)(C)C)c3c(=O)c(=O)c3cc2n1CCCCCCCCCCCCOc1ccc(-c2ccc(OCCCCCCCCCCCCn3c(C)c(N)c4c5oc(C(=O)OC(C)(C)C)c(O)c(=O)c5ccc43)cc2)cc1. The number of unbranched alkanes of at least 4 members (excludes halogenated alkanes) is 18. The average Bonchev–Trinajstić information content (AvgIpc) is 1.47. The number of nitrogens with zero attached hydrogens (tertiary/aromatic N) is 2. The van der Waals surface area contributed by atoms with Crippen LogP contribution in [0, 0.1) is 13.8 Å². The Labute approximate surface area is 504 Å². The van der Waals surface area contributed by atoms with Crippen LogP contribution < -0.4 is 42.0 Å². The number of fused-ring (bicyclic) bond motifs is 5. The molecule has 0 spiro atoms. The first kappa shape index (κ1) is 64.3. The van der Waals surface area contributed by atoms with E-state index in [1.54, 1.807) is 53.7 Å². The third-order valence-electron chi connectivity index (χ3n) is 16.1. The predicted octanol–water partition coefficient (Wildman–Crippen LogP) is 15.2. The number of rotatable bonds is 33. The molecule has 16 heteroatoms. The van der Waals surface area contributed by atoms with Gasteiger partial charge in [0.1, 0.15) is 28.5 Å². The second kappa shape index (κ2) is 29.1. The number of esters is 2. The minimum atomic E-state index is -0.911. The van der Waals surface area contributed by atoms with Gasteiger partial charge in [0.05, 0.1) is 57.2 Å². The van der Waals surface area contributed by atoms with E-state index in [1.165, 1.54) is 64.2 Å². The maximum absolute atomic E-state index is 13.1. The molecule has 3 heterocycles. The zero-order valence-corrected chi connectivity index (χ0v) is 52.0. The summed E-state index contributed by atoms with van der Waals surface area (Å²) in [7, 11) is 0. The fourth-order valence-electron chi connectivity index (χ4n) is 11.6. The molecule has 0 amide bonds. The molecule has 16 nitrogen and oxygen atoms in total. The summed E-state index contributed by atoms with van der Waals surface area (Å²) in [6, 6.07) is 21.8. The molecule has 0 saturated heterocycles. The Morgan fingerprint density at radius 1 is 0.500 bits per heavy atom. The summed E-state index contributed by atoms with van der Waals surface area (Å²) < 4.78 is 39.0. The normalized spacial score (nSPS) is 12.1. The molecule has 0 bridgehead atoms. The molecule has 0 atom stereocenters. The van der Waals surface area contributed by atoms with Crippen molar-refractivity contribution in [2.45, 2.75) is 208 Å². The molecule has 3 aromatic heterocycles. The molecule has 0 radical (unpaired) electrons. The Hall–Kier alpha value is -7.75. The largest absolute Gasteiger partial charge is 0.501 e. The van der Waals surface area contributed by atoms with Gasteiger partial charge in [0.2, 0.25) is 22.0 Å². The number of hydrogen-bond acceptors (Lipinski definition) is 14. The number of aromatic nitrogens is 2. The van der Waals surface area contributed by atoms with Gasteiger partial charge in [-0.2, -0.15) is 0 Å². The van der Waals surface area contributed by atoms with Crippen molar-refractivity contribution in [1.29, 1.82) is 0 Å². The summed E-state index contributed by atoms with van der Waals surface area (Å²) in [5.74, 6) is -0.808. The maximum Gasteiger partial charge on any atom is 0.378 e. The molecule has 462 valence electrons. The van der Waals surface area contributed by atoms with Gasteiger partial charge in [-0.25, -0.2) is 9.59 Å². The van der Waals surface area contributed by atoms with Gasteiger partial charge in [0, 0.05) is 29.9 Å². The van der Waals surface area contributed by atoms with E-state index in [9.17, 15) is 29.1 Å². The third-order valence-corrected chi connectivity index (χ3v) is 16.1. The van der Waals surface area contributed by atoms with Crippen LogP contribution in [-0.4, -0.2) is 57.2 Å². The molecule has 8 aromatic rings. The van der Waals surface area contributed by atoms with Crippen LogP contribution in [0.1, 0.15) is 192 Å². The van der Waals surface area contributed by atoms with E-state index in [0.29, 0.717) is 40.7 Å². The minimum Gasteiger partial charge on any atom is -0.501 e. The van der Waals surface area contributed by atoms with Crippen LogP contribution in [0.2, 0.25) is 0 Å². The Balaban J connectivity index is 0.626. The minimum absolute atomic E-state index is 0.155. The zero-order chi connectivity index (χ0) is 61.7. The lowest BCUT2D eigenvalue weighted by molar-refractivity contribution is -0.157. The Morgan fingerprint density at radius 3 is 1.42 bits per heavy atom. The van der Waals surface area contributed by atoms with E-state index in [0.717, 1.165) is 122 Å². The van der Waals surface area contributed by atoms with Crippen molar-refractivity contribution in [2.24, 2.45) is 0 Å². The van der Waals surface area contributed by atoms with Crippen LogP contribution in [0.15, 0.2) is 85.5 Å². The number of nitrogen functional groups attached to an aromatic ring is 2. The second-order valence-corrected chi connectivity index (χ2v) is 25.1. The van der Waals surface area contributed by atoms with Crippen LogP contribution in [0.3, 0.4) is 0 Å². The molecule has 5 N–H and O–H groups in total. The number of anilines is 2. The Morgan fingerprint density at radius 2 is 0.942 bits per heavy atom. The Kier molecular flexibility index (Phi) is 21.7. The third kappa shape index (κ3) is 16.0. The van der Waals surface area contributed by atoms with Crippen LogP contribution >= 0.6 is 0 Å². The quantitative estimate of drug-likeness (QED) is 0.0198. The van der Waals surface area contributed by atoms with Crippen molar-refractivity contribution < 1.29 is 42.8 Å². The topological polar surface area (TPSA) is 227 Å². The summed E-state index contributed by atoms with van der Waals surface area (Å²) >= 11 is 0. The van der Waals surface area contributed by atoms with Gasteiger partial charge in [-0.15, -0.1) is 0 Å². The summed E-state index contributed by atoms with van der Waals surface area (Å²) in [6.45, 7) is 16.8. The molecule has 0 unspecified atom stereocenters. The highest BCUT2D eigenvalue weighted by Gasteiger charge is 2.29. The van der Waals surface area contributed by atoms with Gasteiger partial charge < -0.3 is 53.8 Å². The van der Waals surface area contributed by atoms with E-state index < -0.39 is 57.5 Å². The predicted molar refractivity (Wildman–Crippen MR) is 344 cm³/mol. The van der Waals surface area contributed by atoms with Crippen molar-refractivity contribution in [3.05, 3.63) is 115 Å². The first-order valence-corrected chi connectivity index (χ1v) is 31.3. The Bertz CT molecular complexity index is 3750. The number of aryl methyl sites for hydroxylation is 2. The molecular weight excluding hydrogens is 1090 g/mol. The van der Waals surface area contributed by atoms with Crippen LogP contribution in [0.4, 0.5) is 11.4 Å². The number of ether oxygens (including phenoxy) is 5. The second-order valence-electron chi connectivity index (χ2n) is 25.1. The van der Waals surface area contributed by atoms with Gasteiger partial charge in [0.15, 0.2) is 12.2 Å². The van der Waals surface area contributed by atoms with Gasteiger partial charge >= 0.3 is 11.9 Å². The highest BCUT2D eigenvalue weighted by molar-refractivity contribution is 6.13. The first-order valence-electron chi connectivity index (χ1n) is 31.3. The molecule has 5 aromatic carbocycles. The highest BCUT2D eigenvalue weighted by Crippen LogP contribution is 2.41. The average molecular weight is 1180 g/mol. The van der Waals surface area contributed by atoms with Gasteiger partial charge in [0.25, 0.3) is 5.76 Å². The van der Waals surface area contributed by atoms with Crippen LogP contribution in [-0.2, 0) is 27.4 Å². The molecule has 0 saturated carbocycles. The summed E-state index contributed by atoms with van der Waals surface area (Å²) in [5, 5.41) is 12.3. The summed E-state index contributed by atoms with van der Waals surface area (Å²) in [5.41, 5.74) is 16.4. The van der Waals surface area contributed by atoms with Crippen molar-refractivity contribution in [2.75, 3.05) is 31.3 Å². The number of hydrogen-bond donors (Lipinski definition) is 3. The number of nitrogens with two attached hydrogens (primary N) is 2. The maximum atomic E-state index is 13.1.